The van der Waals surface area contributed by atoms with E-state index in [9.17, 15) is 9.00 Å². The van der Waals surface area contributed by atoms with Crippen LogP contribution in [-0.4, -0.2) is 41.2 Å². The number of ether oxygens (including phenoxy) is 2. The van der Waals surface area contributed by atoms with E-state index in [1.54, 1.807) is 18.2 Å². The van der Waals surface area contributed by atoms with Crippen molar-refractivity contribution in [2.75, 3.05) is 25.5 Å². The number of nitrogens with two attached hydrogens (primary N) is 1. The van der Waals surface area contributed by atoms with Crippen LogP contribution in [0.2, 0.25) is 0 Å². The molecule has 1 aromatic rings. The second kappa shape index (κ2) is 8.52. The lowest BCUT2D eigenvalue weighted by molar-refractivity contribution is -0.122. The molecule has 1 amide bonds. The maximum Gasteiger partial charge on any atom is 0.221 e. The minimum absolute atomic E-state index is 0. The Kier molecular flexibility index (Phi) is 7.31. The lowest BCUT2D eigenvalue weighted by Gasteiger charge is -2.24. The fourth-order valence-electron chi connectivity index (χ4n) is 1.96. The summed E-state index contributed by atoms with van der Waals surface area (Å²) in [6.07, 6.45) is 0.185. The van der Waals surface area contributed by atoms with Crippen LogP contribution < -0.4 is 20.5 Å². The number of carbonyl (C=O) groups is 1. The van der Waals surface area contributed by atoms with Crippen molar-refractivity contribution in [2.45, 2.75) is 30.7 Å². The van der Waals surface area contributed by atoms with Crippen molar-refractivity contribution in [3.63, 3.8) is 0 Å². The van der Waals surface area contributed by atoms with Crippen LogP contribution in [0.15, 0.2) is 23.1 Å². The zero-order chi connectivity index (χ0) is 16.2. The first-order chi connectivity index (χ1) is 10.4. The largest absolute Gasteiger partial charge is 0.486 e. The molecule has 0 saturated carbocycles. The number of halogens is 1. The predicted molar refractivity (Wildman–Crippen MR) is 91.8 cm³/mol. The normalized spacial score (nSPS) is 14.6. The van der Waals surface area contributed by atoms with Crippen LogP contribution in [0.5, 0.6) is 11.5 Å². The van der Waals surface area contributed by atoms with Crippen molar-refractivity contribution in [1.29, 1.82) is 0 Å². The summed E-state index contributed by atoms with van der Waals surface area (Å²) < 4.78 is 23.2. The molecule has 1 atom stereocenters. The SMILES string of the molecule is CC(C)(CN)NC(=O)CCS(=O)c1ccc2c(c1)OCCO2.Cl. The van der Waals surface area contributed by atoms with E-state index >= 15 is 0 Å². The Labute approximate surface area is 145 Å². The lowest BCUT2D eigenvalue weighted by Crippen LogP contribution is -2.49. The Hall–Kier alpha value is -1.31. The fraction of sp³-hybridized carbons (Fsp3) is 0.533. The first-order valence-corrected chi connectivity index (χ1v) is 8.52. The number of benzene rings is 1. The van der Waals surface area contributed by atoms with Crippen molar-refractivity contribution in [3.05, 3.63) is 18.2 Å². The molecule has 23 heavy (non-hydrogen) atoms. The molecule has 8 heteroatoms. The lowest BCUT2D eigenvalue weighted by atomic mass is 10.1. The average molecular weight is 363 g/mol. The molecule has 1 aliphatic heterocycles. The molecule has 1 heterocycles. The summed E-state index contributed by atoms with van der Waals surface area (Å²) >= 11 is 0. The van der Waals surface area contributed by atoms with E-state index in [1.807, 2.05) is 13.8 Å². The summed E-state index contributed by atoms with van der Waals surface area (Å²) in [5, 5.41) is 2.82. The van der Waals surface area contributed by atoms with Gasteiger partial charge in [-0.2, -0.15) is 0 Å². The van der Waals surface area contributed by atoms with Gasteiger partial charge >= 0.3 is 0 Å². The Morgan fingerprint density at radius 1 is 1.30 bits per heavy atom. The summed E-state index contributed by atoms with van der Waals surface area (Å²) in [5.74, 6) is 1.37. The van der Waals surface area contributed by atoms with E-state index in [4.69, 9.17) is 15.2 Å². The van der Waals surface area contributed by atoms with Crippen LogP contribution in [0.3, 0.4) is 0 Å². The number of hydrogen-bond acceptors (Lipinski definition) is 5. The van der Waals surface area contributed by atoms with E-state index < -0.39 is 16.3 Å². The van der Waals surface area contributed by atoms with Gasteiger partial charge in [-0.3, -0.25) is 9.00 Å². The molecule has 2 rings (SSSR count). The molecule has 0 aromatic heterocycles. The van der Waals surface area contributed by atoms with Crippen LogP contribution in [0.1, 0.15) is 20.3 Å². The summed E-state index contributed by atoms with van der Waals surface area (Å²) in [4.78, 5) is 12.5. The Balaban J connectivity index is 0.00000264. The van der Waals surface area contributed by atoms with Gasteiger partial charge in [0.2, 0.25) is 5.91 Å². The molecular weight excluding hydrogens is 340 g/mol. The topological polar surface area (TPSA) is 90.7 Å². The molecule has 0 bridgehead atoms. The molecule has 6 nitrogen and oxygen atoms in total. The van der Waals surface area contributed by atoms with Gasteiger partial charge in [-0.15, -0.1) is 12.4 Å². The van der Waals surface area contributed by atoms with E-state index in [0.717, 1.165) is 0 Å². The van der Waals surface area contributed by atoms with Crippen LogP contribution >= 0.6 is 12.4 Å². The highest BCUT2D eigenvalue weighted by molar-refractivity contribution is 7.85. The smallest absolute Gasteiger partial charge is 0.221 e. The second-order valence-electron chi connectivity index (χ2n) is 5.74. The highest BCUT2D eigenvalue weighted by atomic mass is 35.5. The van der Waals surface area contributed by atoms with Crippen molar-refractivity contribution < 1.29 is 18.5 Å². The molecule has 130 valence electrons. The fourth-order valence-corrected chi connectivity index (χ4v) is 3.02. The molecule has 0 aliphatic carbocycles. The first-order valence-electron chi connectivity index (χ1n) is 7.20. The van der Waals surface area contributed by atoms with Gasteiger partial charge in [0.25, 0.3) is 0 Å². The number of rotatable bonds is 6. The molecule has 3 N–H and O–H groups in total. The summed E-state index contributed by atoms with van der Waals surface area (Å²) in [6.45, 7) is 5.06. The van der Waals surface area contributed by atoms with Gasteiger partial charge in [-0.05, 0) is 26.0 Å². The quantitative estimate of drug-likeness (QED) is 0.794. The number of nitrogens with one attached hydrogen (secondary N) is 1. The molecular formula is C15H23ClN2O4S. The van der Waals surface area contributed by atoms with Gasteiger partial charge in [0.15, 0.2) is 11.5 Å². The van der Waals surface area contributed by atoms with Gasteiger partial charge in [-0.1, -0.05) is 0 Å². The number of hydrogen-bond donors (Lipinski definition) is 2. The van der Waals surface area contributed by atoms with Crippen LogP contribution in [0, 0.1) is 0 Å². The first kappa shape index (κ1) is 19.7. The summed E-state index contributed by atoms with van der Waals surface area (Å²) in [5.41, 5.74) is 5.12. The van der Waals surface area contributed by atoms with E-state index in [0.29, 0.717) is 36.2 Å². The van der Waals surface area contributed by atoms with Crippen LogP contribution in [0.4, 0.5) is 0 Å². The average Bonchev–Trinajstić information content (AvgIpc) is 2.51. The van der Waals surface area contributed by atoms with Crippen molar-refractivity contribution in [3.8, 4) is 11.5 Å². The maximum absolute atomic E-state index is 12.3. The van der Waals surface area contributed by atoms with Crippen LogP contribution in [-0.2, 0) is 15.6 Å². The number of fused-ring (bicyclic) bond motifs is 1. The van der Waals surface area contributed by atoms with E-state index in [2.05, 4.69) is 5.32 Å². The standard InChI is InChI=1S/C15H22N2O4S.ClH/c1-15(2,10-16)17-14(18)5-8-22(19)11-3-4-12-13(9-11)21-7-6-20-12;/h3-4,9H,5-8,10,16H2,1-2H3,(H,17,18);1H. The molecule has 1 unspecified atom stereocenters. The van der Waals surface area contributed by atoms with Gasteiger partial charge in [0.1, 0.15) is 13.2 Å². The molecule has 1 aromatic carbocycles. The van der Waals surface area contributed by atoms with E-state index in [-0.39, 0.29) is 30.5 Å². The molecule has 0 radical (unpaired) electrons. The molecule has 0 spiro atoms. The van der Waals surface area contributed by atoms with Crippen molar-refractivity contribution in [2.24, 2.45) is 5.73 Å². The third-order valence-corrected chi connectivity index (χ3v) is 4.63. The number of amides is 1. The highest BCUT2D eigenvalue weighted by Gasteiger charge is 2.19. The minimum atomic E-state index is -1.26. The minimum Gasteiger partial charge on any atom is -0.486 e. The Morgan fingerprint density at radius 2 is 1.96 bits per heavy atom. The van der Waals surface area contributed by atoms with Gasteiger partial charge in [-0.25, -0.2) is 0 Å². The maximum atomic E-state index is 12.3. The molecule has 1 aliphatic rings. The monoisotopic (exact) mass is 362 g/mol. The van der Waals surface area contributed by atoms with Gasteiger partial charge < -0.3 is 20.5 Å². The second-order valence-corrected chi connectivity index (χ2v) is 7.31. The third-order valence-electron chi connectivity index (χ3n) is 3.28. The zero-order valence-corrected chi connectivity index (χ0v) is 14.9. The molecule has 0 fully saturated rings. The highest BCUT2D eigenvalue weighted by Crippen LogP contribution is 2.31. The van der Waals surface area contributed by atoms with Gasteiger partial charge in [0, 0.05) is 35.2 Å². The van der Waals surface area contributed by atoms with Crippen LogP contribution in [0.25, 0.3) is 0 Å². The summed E-state index contributed by atoms with van der Waals surface area (Å²) in [7, 11) is -1.26. The Bertz CT molecular complexity index is 581. The number of carbonyl (C=O) groups excluding carboxylic acids is 1. The predicted octanol–water partition coefficient (Wildman–Crippen LogP) is 1.23. The van der Waals surface area contributed by atoms with Crippen molar-refractivity contribution in [1.82, 2.24) is 5.32 Å². The Morgan fingerprint density at radius 3 is 2.61 bits per heavy atom. The van der Waals surface area contributed by atoms with Crippen molar-refractivity contribution >= 4 is 29.1 Å². The molecule has 0 saturated heterocycles. The third kappa shape index (κ3) is 5.67. The summed E-state index contributed by atoms with van der Waals surface area (Å²) in [6, 6.07) is 5.21. The van der Waals surface area contributed by atoms with E-state index in [1.165, 1.54) is 0 Å². The zero-order valence-electron chi connectivity index (χ0n) is 13.3. The van der Waals surface area contributed by atoms with Gasteiger partial charge in [0.05, 0.1) is 10.8 Å².